The summed E-state index contributed by atoms with van der Waals surface area (Å²) >= 11 is 0. The summed E-state index contributed by atoms with van der Waals surface area (Å²) in [6.07, 6.45) is 0.892. The lowest BCUT2D eigenvalue weighted by atomic mass is 10.0. The number of aryl methyl sites for hydroxylation is 1. The van der Waals surface area contributed by atoms with Crippen molar-refractivity contribution in [3.63, 3.8) is 0 Å². The van der Waals surface area contributed by atoms with E-state index in [0.717, 1.165) is 17.5 Å². The van der Waals surface area contributed by atoms with Crippen molar-refractivity contribution >= 4 is 9.84 Å². The molecule has 1 aromatic rings. The van der Waals surface area contributed by atoms with Gasteiger partial charge < -0.3 is 0 Å². The van der Waals surface area contributed by atoms with Crippen LogP contribution in [0.1, 0.15) is 30.9 Å². The molecular weight excluding hydrogens is 272 g/mol. The van der Waals surface area contributed by atoms with Crippen molar-refractivity contribution < 1.29 is 8.42 Å². The first-order chi connectivity index (χ1) is 9.46. The van der Waals surface area contributed by atoms with Gasteiger partial charge in [0.2, 0.25) is 0 Å². The first-order valence-corrected chi connectivity index (χ1v) is 8.31. The van der Waals surface area contributed by atoms with E-state index in [4.69, 9.17) is 0 Å². The van der Waals surface area contributed by atoms with Crippen LogP contribution < -0.4 is 0 Å². The van der Waals surface area contributed by atoms with Crippen LogP contribution in [0.3, 0.4) is 0 Å². The molecule has 1 aromatic carbocycles. The second kappa shape index (κ2) is 4.92. The molecule has 0 amide bonds. The summed E-state index contributed by atoms with van der Waals surface area (Å²) in [5.41, 5.74) is 0.471. The third kappa shape index (κ3) is 1.99. The van der Waals surface area contributed by atoms with Crippen molar-refractivity contribution in [2.75, 3.05) is 5.75 Å². The molecule has 0 N–H and O–H groups in total. The van der Waals surface area contributed by atoms with Gasteiger partial charge in [-0.1, -0.05) is 38.1 Å². The molecule has 2 rings (SSSR count). The summed E-state index contributed by atoms with van der Waals surface area (Å²) in [7, 11) is -3.41. The van der Waals surface area contributed by atoms with Crippen molar-refractivity contribution in [3.05, 3.63) is 35.4 Å². The van der Waals surface area contributed by atoms with E-state index >= 15 is 0 Å². The van der Waals surface area contributed by atoms with E-state index in [1.165, 1.54) is 0 Å². The molecule has 0 unspecified atom stereocenters. The molecule has 104 valence electrons. The standard InChI is InChI=1S/C15H16N2O2S/c1-3-11-5-7-12(8-6-11)13-14(20(18,19)4-2)15(13,9-16)10-17/h5-8,13-14H,3-4H2,1-2H3/t13-,14+/m1/s1. The number of sulfone groups is 1. The van der Waals surface area contributed by atoms with E-state index in [9.17, 15) is 18.9 Å². The highest BCUT2D eigenvalue weighted by Crippen LogP contribution is 2.62. The molecular formula is C15H16N2O2S. The lowest BCUT2D eigenvalue weighted by Crippen LogP contribution is -2.15. The van der Waals surface area contributed by atoms with Crippen molar-refractivity contribution in [1.29, 1.82) is 10.5 Å². The molecule has 0 aromatic heterocycles. The van der Waals surface area contributed by atoms with Crippen molar-refractivity contribution in [2.24, 2.45) is 5.41 Å². The van der Waals surface area contributed by atoms with Gasteiger partial charge in [0, 0.05) is 11.7 Å². The Balaban J connectivity index is 2.45. The Hall–Kier alpha value is -1.85. The van der Waals surface area contributed by atoms with E-state index in [0.29, 0.717) is 0 Å². The van der Waals surface area contributed by atoms with Crippen LogP contribution in [0.25, 0.3) is 0 Å². The van der Waals surface area contributed by atoms with E-state index in [-0.39, 0.29) is 5.75 Å². The molecule has 0 spiro atoms. The maximum atomic E-state index is 12.1. The average molecular weight is 288 g/mol. The first kappa shape index (κ1) is 14.6. The Kier molecular flexibility index (Phi) is 3.58. The van der Waals surface area contributed by atoms with Crippen LogP contribution in [0.4, 0.5) is 0 Å². The van der Waals surface area contributed by atoms with Gasteiger partial charge in [0.05, 0.1) is 12.1 Å². The highest BCUT2D eigenvalue weighted by Gasteiger charge is 2.72. The molecule has 1 aliphatic carbocycles. The number of nitriles is 2. The van der Waals surface area contributed by atoms with Crippen LogP contribution in [0.2, 0.25) is 0 Å². The fourth-order valence-electron chi connectivity index (χ4n) is 2.72. The number of hydrogen-bond donors (Lipinski definition) is 0. The van der Waals surface area contributed by atoms with Crippen molar-refractivity contribution in [1.82, 2.24) is 0 Å². The van der Waals surface area contributed by atoms with E-state index in [1.54, 1.807) is 6.92 Å². The maximum Gasteiger partial charge on any atom is 0.169 e. The number of benzene rings is 1. The van der Waals surface area contributed by atoms with Gasteiger partial charge in [-0.3, -0.25) is 0 Å². The van der Waals surface area contributed by atoms with Crippen LogP contribution in [0, 0.1) is 28.1 Å². The summed E-state index contributed by atoms with van der Waals surface area (Å²) in [4.78, 5) is 0. The zero-order valence-electron chi connectivity index (χ0n) is 11.5. The van der Waals surface area contributed by atoms with Gasteiger partial charge >= 0.3 is 0 Å². The highest BCUT2D eigenvalue weighted by atomic mass is 32.2. The molecule has 0 saturated heterocycles. The Labute approximate surface area is 119 Å². The lowest BCUT2D eigenvalue weighted by molar-refractivity contribution is 0.592. The molecule has 0 bridgehead atoms. The minimum absolute atomic E-state index is 0.0493. The molecule has 20 heavy (non-hydrogen) atoms. The van der Waals surface area contributed by atoms with Gasteiger partial charge in [0.1, 0.15) is 5.25 Å². The fraction of sp³-hybridized carbons (Fsp3) is 0.467. The van der Waals surface area contributed by atoms with E-state index in [1.807, 2.05) is 43.3 Å². The third-order valence-corrected chi connectivity index (χ3v) is 6.26. The highest BCUT2D eigenvalue weighted by molar-refractivity contribution is 7.92. The van der Waals surface area contributed by atoms with Gasteiger partial charge in [-0.05, 0) is 17.5 Å². The molecule has 5 heteroatoms. The Bertz CT molecular complexity index is 679. The Morgan fingerprint density at radius 3 is 2.10 bits per heavy atom. The molecule has 1 saturated carbocycles. The van der Waals surface area contributed by atoms with Crippen LogP contribution in [-0.4, -0.2) is 19.4 Å². The third-order valence-electron chi connectivity index (χ3n) is 4.04. The number of rotatable bonds is 4. The van der Waals surface area contributed by atoms with Gasteiger partial charge in [-0.2, -0.15) is 10.5 Å². The quantitative estimate of drug-likeness (QED) is 0.850. The Morgan fingerprint density at radius 1 is 1.15 bits per heavy atom. The summed E-state index contributed by atoms with van der Waals surface area (Å²) in [5, 5.41) is 17.7. The number of hydrogen-bond acceptors (Lipinski definition) is 4. The SMILES string of the molecule is CCc1ccc([C@@H]2[C@H](S(=O)(=O)CC)C2(C#N)C#N)cc1. The van der Waals surface area contributed by atoms with Gasteiger partial charge in [0.25, 0.3) is 0 Å². The van der Waals surface area contributed by atoms with E-state index < -0.39 is 26.4 Å². The van der Waals surface area contributed by atoms with Gasteiger partial charge in [0.15, 0.2) is 15.3 Å². The molecule has 1 fully saturated rings. The minimum Gasteiger partial charge on any atom is -0.228 e. The summed E-state index contributed by atoms with van der Waals surface area (Å²) in [6.45, 7) is 3.58. The second-order valence-electron chi connectivity index (χ2n) is 5.04. The average Bonchev–Trinajstić information content (AvgIpc) is 3.18. The normalized spacial score (nSPS) is 23.6. The topological polar surface area (TPSA) is 81.7 Å². The van der Waals surface area contributed by atoms with Crippen LogP contribution >= 0.6 is 0 Å². The zero-order valence-corrected chi connectivity index (χ0v) is 12.3. The van der Waals surface area contributed by atoms with Crippen LogP contribution in [0.5, 0.6) is 0 Å². The van der Waals surface area contributed by atoms with Gasteiger partial charge in [-0.15, -0.1) is 0 Å². The number of nitrogens with zero attached hydrogens (tertiary/aromatic N) is 2. The minimum atomic E-state index is -3.41. The molecule has 0 aliphatic heterocycles. The molecule has 0 radical (unpaired) electrons. The zero-order chi connectivity index (χ0) is 15.0. The smallest absolute Gasteiger partial charge is 0.169 e. The largest absolute Gasteiger partial charge is 0.228 e. The molecule has 0 heterocycles. The molecule has 4 nitrogen and oxygen atoms in total. The van der Waals surface area contributed by atoms with Crippen molar-refractivity contribution in [2.45, 2.75) is 31.4 Å². The van der Waals surface area contributed by atoms with Crippen molar-refractivity contribution in [3.8, 4) is 12.1 Å². The maximum absolute atomic E-state index is 12.1. The molecule has 2 atom stereocenters. The summed E-state index contributed by atoms with van der Waals surface area (Å²) in [6, 6.07) is 11.4. The van der Waals surface area contributed by atoms with Crippen LogP contribution in [-0.2, 0) is 16.3 Å². The fourth-order valence-corrected chi connectivity index (χ4v) is 4.60. The monoisotopic (exact) mass is 288 g/mol. The predicted octanol–water partition coefficient (Wildman–Crippen LogP) is 2.18. The Morgan fingerprint density at radius 2 is 1.70 bits per heavy atom. The van der Waals surface area contributed by atoms with E-state index in [2.05, 4.69) is 0 Å². The van der Waals surface area contributed by atoms with Gasteiger partial charge in [-0.25, -0.2) is 8.42 Å². The summed E-state index contributed by atoms with van der Waals surface area (Å²) in [5.74, 6) is -0.583. The van der Waals surface area contributed by atoms with Crippen LogP contribution in [0.15, 0.2) is 24.3 Å². The lowest BCUT2D eigenvalue weighted by Gasteiger charge is -2.02. The predicted molar refractivity (Wildman–Crippen MR) is 75.5 cm³/mol. The second-order valence-corrected chi connectivity index (χ2v) is 7.45. The summed E-state index contributed by atoms with van der Waals surface area (Å²) < 4.78 is 24.2. The first-order valence-electron chi connectivity index (χ1n) is 6.59. The molecule has 1 aliphatic rings.